The lowest BCUT2D eigenvalue weighted by Crippen LogP contribution is -2.34. The second kappa shape index (κ2) is 7.34. The molecule has 1 aromatic heterocycles. The molecule has 1 amide bonds. The molecule has 1 atom stereocenters. The van der Waals surface area contributed by atoms with Crippen LogP contribution in [0.5, 0.6) is 0 Å². The van der Waals surface area contributed by atoms with Crippen LogP contribution < -0.4 is 5.32 Å². The normalized spacial score (nSPS) is 12.5. The maximum atomic E-state index is 12.7. The monoisotopic (exact) mass is 349 g/mol. The molecule has 0 saturated heterocycles. The summed E-state index contributed by atoms with van der Waals surface area (Å²) in [5.74, 6) is -0.0155. The number of nitrogens with zero attached hydrogens (tertiary/aromatic N) is 2. The standard InChI is InChI=1S/C22H27N3O/c1-15-10-11-16(2)18(12-15)22(26)23-13-21(24(3)4)19-14-25(5)20-9-7-6-8-17(19)20/h6-12,14,21H,13H2,1-5H3,(H,23,26). The molecule has 1 unspecified atom stereocenters. The van der Waals surface area contributed by atoms with Crippen LogP contribution in [0.2, 0.25) is 0 Å². The molecule has 0 spiro atoms. The van der Waals surface area contributed by atoms with Gasteiger partial charge in [0.2, 0.25) is 0 Å². The van der Waals surface area contributed by atoms with E-state index in [1.807, 2.05) is 32.0 Å². The van der Waals surface area contributed by atoms with Crippen molar-refractivity contribution in [1.82, 2.24) is 14.8 Å². The second-order valence-electron chi connectivity index (χ2n) is 7.22. The Morgan fingerprint density at radius 1 is 1.15 bits per heavy atom. The number of aryl methyl sites for hydroxylation is 3. The van der Waals surface area contributed by atoms with Crippen molar-refractivity contribution >= 4 is 16.8 Å². The molecule has 1 N–H and O–H groups in total. The van der Waals surface area contributed by atoms with Gasteiger partial charge in [0.25, 0.3) is 5.91 Å². The number of hydrogen-bond donors (Lipinski definition) is 1. The predicted molar refractivity (Wildman–Crippen MR) is 108 cm³/mol. The molecule has 136 valence electrons. The smallest absolute Gasteiger partial charge is 0.251 e. The van der Waals surface area contributed by atoms with Crippen molar-refractivity contribution in [3.8, 4) is 0 Å². The lowest BCUT2D eigenvalue weighted by Gasteiger charge is -2.24. The molecule has 26 heavy (non-hydrogen) atoms. The number of benzene rings is 2. The summed E-state index contributed by atoms with van der Waals surface area (Å²) in [4.78, 5) is 14.9. The van der Waals surface area contributed by atoms with E-state index in [9.17, 15) is 4.79 Å². The number of nitrogens with one attached hydrogen (secondary N) is 1. The van der Waals surface area contributed by atoms with E-state index in [1.54, 1.807) is 0 Å². The molecule has 3 aromatic rings. The largest absolute Gasteiger partial charge is 0.350 e. The molecule has 0 fully saturated rings. The Labute approximate surface area is 155 Å². The van der Waals surface area contributed by atoms with Crippen molar-refractivity contribution in [1.29, 1.82) is 0 Å². The first-order chi connectivity index (χ1) is 12.4. The lowest BCUT2D eigenvalue weighted by atomic mass is 10.0. The third kappa shape index (κ3) is 3.51. The zero-order chi connectivity index (χ0) is 18.8. The highest BCUT2D eigenvalue weighted by Gasteiger charge is 2.20. The quantitative estimate of drug-likeness (QED) is 0.760. The minimum atomic E-state index is -0.0155. The summed E-state index contributed by atoms with van der Waals surface area (Å²) in [5.41, 5.74) is 5.28. The molecule has 4 heteroatoms. The highest BCUT2D eigenvalue weighted by molar-refractivity contribution is 5.96. The van der Waals surface area contributed by atoms with Crippen LogP contribution in [0.15, 0.2) is 48.7 Å². The van der Waals surface area contributed by atoms with Crippen LogP contribution in [0.1, 0.15) is 33.1 Å². The van der Waals surface area contributed by atoms with Crippen molar-refractivity contribution in [3.05, 3.63) is 70.9 Å². The lowest BCUT2D eigenvalue weighted by molar-refractivity contribution is 0.0941. The molecule has 1 heterocycles. The molecule has 0 saturated carbocycles. The van der Waals surface area contributed by atoms with Gasteiger partial charge in [-0.3, -0.25) is 4.79 Å². The van der Waals surface area contributed by atoms with Crippen LogP contribution in [-0.2, 0) is 7.05 Å². The first kappa shape index (κ1) is 18.2. The molecule has 0 aliphatic carbocycles. The van der Waals surface area contributed by atoms with Gasteiger partial charge in [-0.1, -0.05) is 35.9 Å². The maximum absolute atomic E-state index is 12.7. The van der Waals surface area contributed by atoms with E-state index in [2.05, 4.69) is 66.4 Å². The Bertz CT molecular complexity index is 940. The molecule has 4 nitrogen and oxygen atoms in total. The summed E-state index contributed by atoms with van der Waals surface area (Å²) in [5, 5.41) is 4.36. The second-order valence-corrected chi connectivity index (χ2v) is 7.22. The van der Waals surface area contributed by atoms with E-state index in [4.69, 9.17) is 0 Å². The SMILES string of the molecule is Cc1ccc(C)c(C(=O)NCC(c2cn(C)c3ccccc23)N(C)C)c1. The Balaban J connectivity index is 1.85. The Morgan fingerprint density at radius 2 is 1.88 bits per heavy atom. The van der Waals surface area contributed by atoms with Gasteiger partial charge >= 0.3 is 0 Å². The Kier molecular flexibility index (Phi) is 5.14. The van der Waals surface area contributed by atoms with Crippen molar-refractivity contribution in [3.63, 3.8) is 0 Å². The van der Waals surface area contributed by atoms with Gasteiger partial charge in [-0.2, -0.15) is 0 Å². The highest BCUT2D eigenvalue weighted by Crippen LogP contribution is 2.28. The minimum Gasteiger partial charge on any atom is -0.350 e. The number of hydrogen-bond acceptors (Lipinski definition) is 2. The molecular weight excluding hydrogens is 322 g/mol. The van der Waals surface area contributed by atoms with Crippen LogP contribution in [0.25, 0.3) is 10.9 Å². The van der Waals surface area contributed by atoms with Gasteiger partial charge in [0.1, 0.15) is 0 Å². The van der Waals surface area contributed by atoms with E-state index in [0.717, 1.165) is 16.7 Å². The summed E-state index contributed by atoms with van der Waals surface area (Å²) in [6.07, 6.45) is 2.17. The van der Waals surface area contributed by atoms with Gasteiger partial charge in [0.15, 0.2) is 0 Å². The molecule has 0 aliphatic heterocycles. The summed E-state index contributed by atoms with van der Waals surface area (Å²) in [6.45, 7) is 4.55. The number of amides is 1. The Hall–Kier alpha value is -2.59. The number of aromatic nitrogens is 1. The van der Waals surface area contributed by atoms with Crippen molar-refractivity contribution in [2.24, 2.45) is 7.05 Å². The van der Waals surface area contributed by atoms with Crippen molar-refractivity contribution < 1.29 is 4.79 Å². The van der Waals surface area contributed by atoms with E-state index in [1.165, 1.54) is 16.5 Å². The first-order valence-electron chi connectivity index (χ1n) is 8.94. The van der Waals surface area contributed by atoms with Gasteiger partial charge in [-0.05, 0) is 51.2 Å². The number of rotatable bonds is 5. The topological polar surface area (TPSA) is 37.3 Å². The third-order valence-corrected chi connectivity index (χ3v) is 5.00. The number of fused-ring (bicyclic) bond motifs is 1. The van der Waals surface area contributed by atoms with Crippen LogP contribution in [-0.4, -0.2) is 36.0 Å². The van der Waals surface area contributed by atoms with Gasteiger partial charge in [-0.15, -0.1) is 0 Å². The fraction of sp³-hybridized carbons (Fsp3) is 0.318. The van der Waals surface area contributed by atoms with Crippen molar-refractivity contribution in [2.75, 3.05) is 20.6 Å². The van der Waals surface area contributed by atoms with Crippen molar-refractivity contribution in [2.45, 2.75) is 19.9 Å². The van der Waals surface area contributed by atoms with E-state index in [-0.39, 0.29) is 11.9 Å². The number of carbonyl (C=O) groups is 1. The third-order valence-electron chi connectivity index (χ3n) is 5.00. The number of likely N-dealkylation sites (N-methyl/N-ethyl adjacent to an activating group) is 1. The average molecular weight is 349 g/mol. The fourth-order valence-electron chi connectivity index (χ4n) is 3.47. The predicted octanol–water partition coefficient (Wildman–Crippen LogP) is 3.83. The van der Waals surface area contributed by atoms with Gasteiger partial charge in [-0.25, -0.2) is 0 Å². The number of carbonyl (C=O) groups excluding carboxylic acids is 1. The molecule has 2 aromatic carbocycles. The Morgan fingerprint density at radius 3 is 2.62 bits per heavy atom. The van der Waals surface area contributed by atoms with Gasteiger partial charge in [0, 0.05) is 36.3 Å². The summed E-state index contributed by atoms with van der Waals surface area (Å²) >= 11 is 0. The minimum absolute atomic E-state index is 0.0155. The van der Waals surface area contributed by atoms with E-state index in [0.29, 0.717) is 6.54 Å². The first-order valence-corrected chi connectivity index (χ1v) is 8.94. The number of para-hydroxylation sites is 1. The molecular formula is C22H27N3O. The zero-order valence-corrected chi connectivity index (χ0v) is 16.2. The van der Waals surface area contributed by atoms with Crippen LogP contribution in [0.4, 0.5) is 0 Å². The van der Waals surface area contributed by atoms with Gasteiger partial charge in [0.05, 0.1) is 6.04 Å². The summed E-state index contributed by atoms with van der Waals surface area (Å²) in [7, 11) is 6.17. The molecule has 0 aliphatic rings. The van der Waals surface area contributed by atoms with E-state index >= 15 is 0 Å². The van der Waals surface area contributed by atoms with Crippen LogP contribution >= 0.6 is 0 Å². The fourth-order valence-corrected chi connectivity index (χ4v) is 3.47. The highest BCUT2D eigenvalue weighted by atomic mass is 16.1. The molecule has 0 bridgehead atoms. The summed E-state index contributed by atoms with van der Waals surface area (Å²) in [6, 6.07) is 14.5. The molecule has 0 radical (unpaired) electrons. The van der Waals surface area contributed by atoms with Crippen LogP contribution in [0.3, 0.4) is 0 Å². The van der Waals surface area contributed by atoms with Gasteiger partial charge < -0.3 is 14.8 Å². The van der Waals surface area contributed by atoms with Crippen LogP contribution in [0, 0.1) is 13.8 Å². The maximum Gasteiger partial charge on any atom is 0.251 e. The zero-order valence-electron chi connectivity index (χ0n) is 16.2. The van der Waals surface area contributed by atoms with E-state index < -0.39 is 0 Å². The molecule has 3 rings (SSSR count). The summed E-state index contributed by atoms with van der Waals surface area (Å²) < 4.78 is 2.15. The average Bonchev–Trinajstić information content (AvgIpc) is 2.94.